The van der Waals surface area contributed by atoms with E-state index in [0.29, 0.717) is 23.7 Å². The van der Waals surface area contributed by atoms with Crippen molar-refractivity contribution >= 4 is 11.6 Å². The number of ether oxygens (including phenoxy) is 1. The van der Waals surface area contributed by atoms with Gasteiger partial charge < -0.3 is 15.2 Å². The molecule has 0 aromatic heterocycles. The van der Waals surface area contributed by atoms with Crippen LogP contribution in [-0.4, -0.2) is 25.3 Å². The quantitative estimate of drug-likeness (QED) is 0.522. The van der Waals surface area contributed by atoms with Crippen LogP contribution in [0.1, 0.15) is 17.2 Å². The van der Waals surface area contributed by atoms with E-state index in [1.54, 1.807) is 25.3 Å². The van der Waals surface area contributed by atoms with Gasteiger partial charge in [0, 0.05) is 22.7 Å². The van der Waals surface area contributed by atoms with Gasteiger partial charge in [0.1, 0.15) is 11.6 Å². The summed E-state index contributed by atoms with van der Waals surface area (Å²) in [6.45, 7) is 0.989. The summed E-state index contributed by atoms with van der Waals surface area (Å²) in [5, 5.41) is 14.0. The van der Waals surface area contributed by atoms with Gasteiger partial charge in [0.2, 0.25) is 0 Å². The highest BCUT2D eigenvalue weighted by atomic mass is 35.5. The molecule has 3 aromatic rings. The molecule has 5 heteroatoms. The molecule has 0 aliphatic heterocycles. The minimum Gasteiger partial charge on any atom is -0.497 e. The minimum atomic E-state index is -0.862. The molecule has 3 rings (SSSR count). The molecule has 3 aromatic carbocycles. The standard InChI is InChI=1S/C23H23ClFNO2/c1-28-18-10-11-21(24)20(14-18)17-8-6-16(7-9-17)12-13-26-15-23(27)19-4-2-3-5-22(19)25/h2-11,14,23,26-27H,12-13,15H2,1H3. The lowest BCUT2D eigenvalue weighted by Crippen LogP contribution is -2.24. The van der Waals surface area contributed by atoms with E-state index in [-0.39, 0.29) is 5.82 Å². The van der Waals surface area contributed by atoms with E-state index in [9.17, 15) is 9.50 Å². The van der Waals surface area contributed by atoms with E-state index in [0.717, 1.165) is 28.9 Å². The number of benzene rings is 3. The van der Waals surface area contributed by atoms with Gasteiger partial charge in [-0.05, 0) is 48.4 Å². The highest BCUT2D eigenvalue weighted by Gasteiger charge is 2.11. The van der Waals surface area contributed by atoms with Crippen LogP contribution in [0.5, 0.6) is 5.75 Å². The fourth-order valence-electron chi connectivity index (χ4n) is 3.03. The van der Waals surface area contributed by atoms with Crippen molar-refractivity contribution in [2.75, 3.05) is 20.2 Å². The number of aliphatic hydroxyl groups excluding tert-OH is 1. The predicted molar refractivity (Wildman–Crippen MR) is 111 cm³/mol. The molecule has 146 valence electrons. The first-order valence-corrected chi connectivity index (χ1v) is 9.52. The van der Waals surface area contributed by atoms with Crippen molar-refractivity contribution in [1.82, 2.24) is 5.32 Å². The number of rotatable bonds is 8. The first kappa shape index (κ1) is 20.3. The average Bonchev–Trinajstić information content (AvgIpc) is 2.72. The topological polar surface area (TPSA) is 41.5 Å². The second-order valence-corrected chi connectivity index (χ2v) is 6.94. The molecular formula is C23H23ClFNO2. The van der Waals surface area contributed by atoms with Gasteiger partial charge in [0.15, 0.2) is 0 Å². The average molecular weight is 400 g/mol. The normalized spacial score (nSPS) is 12.0. The van der Waals surface area contributed by atoms with Crippen LogP contribution >= 0.6 is 11.6 Å². The van der Waals surface area contributed by atoms with Crippen LogP contribution in [0, 0.1) is 5.82 Å². The van der Waals surface area contributed by atoms with Crippen molar-refractivity contribution in [3.63, 3.8) is 0 Å². The van der Waals surface area contributed by atoms with Gasteiger partial charge in [-0.2, -0.15) is 0 Å². The summed E-state index contributed by atoms with van der Waals surface area (Å²) in [5.41, 5.74) is 3.43. The van der Waals surface area contributed by atoms with E-state index in [1.165, 1.54) is 6.07 Å². The highest BCUT2D eigenvalue weighted by Crippen LogP contribution is 2.31. The first-order chi connectivity index (χ1) is 13.6. The predicted octanol–water partition coefficient (Wildman–Crippen LogP) is 5.02. The van der Waals surface area contributed by atoms with Gasteiger partial charge in [-0.3, -0.25) is 0 Å². The molecule has 0 aliphatic carbocycles. The van der Waals surface area contributed by atoms with Crippen molar-refractivity contribution in [3.05, 3.63) is 88.7 Å². The fraction of sp³-hybridized carbons (Fsp3) is 0.217. The van der Waals surface area contributed by atoms with Crippen LogP contribution in [0.4, 0.5) is 4.39 Å². The third-order valence-corrected chi connectivity index (χ3v) is 4.96. The molecule has 0 heterocycles. The molecule has 1 atom stereocenters. The van der Waals surface area contributed by atoms with Gasteiger partial charge in [-0.15, -0.1) is 0 Å². The Labute approximate surface area is 169 Å². The Bertz CT molecular complexity index is 915. The summed E-state index contributed by atoms with van der Waals surface area (Å²) in [6.07, 6.45) is -0.0605. The molecule has 0 spiro atoms. The maximum atomic E-state index is 13.7. The molecule has 3 nitrogen and oxygen atoms in total. The summed E-state index contributed by atoms with van der Waals surface area (Å²) >= 11 is 6.31. The largest absolute Gasteiger partial charge is 0.497 e. The molecule has 0 saturated heterocycles. The zero-order valence-corrected chi connectivity index (χ0v) is 16.4. The molecular weight excluding hydrogens is 377 g/mol. The van der Waals surface area contributed by atoms with Crippen LogP contribution in [-0.2, 0) is 6.42 Å². The zero-order valence-electron chi connectivity index (χ0n) is 15.7. The van der Waals surface area contributed by atoms with Gasteiger partial charge in [0.25, 0.3) is 0 Å². The number of hydrogen-bond acceptors (Lipinski definition) is 3. The Kier molecular flexibility index (Phi) is 7.04. The van der Waals surface area contributed by atoms with Crippen LogP contribution in [0.15, 0.2) is 66.7 Å². The SMILES string of the molecule is COc1ccc(Cl)c(-c2ccc(CCNCC(O)c3ccccc3F)cc2)c1. The van der Waals surface area contributed by atoms with Crippen molar-refractivity contribution in [3.8, 4) is 16.9 Å². The van der Waals surface area contributed by atoms with E-state index in [4.69, 9.17) is 16.3 Å². The lowest BCUT2D eigenvalue weighted by atomic mass is 10.0. The number of methoxy groups -OCH3 is 1. The van der Waals surface area contributed by atoms with E-state index < -0.39 is 6.10 Å². The van der Waals surface area contributed by atoms with Gasteiger partial charge >= 0.3 is 0 Å². The molecule has 0 bridgehead atoms. The Balaban J connectivity index is 1.53. The van der Waals surface area contributed by atoms with Crippen molar-refractivity contribution in [1.29, 1.82) is 0 Å². The number of hydrogen-bond donors (Lipinski definition) is 2. The Morgan fingerprint density at radius 1 is 1.07 bits per heavy atom. The molecule has 0 radical (unpaired) electrons. The Morgan fingerprint density at radius 3 is 2.54 bits per heavy atom. The Hall–Kier alpha value is -2.40. The highest BCUT2D eigenvalue weighted by molar-refractivity contribution is 6.33. The van der Waals surface area contributed by atoms with Crippen molar-refractivity contribution in [2.24, 2.45) is 0 Å². The molecule has 2 N–H and O–H groups in total. The number of nitrogens with one attached hydrogen (secondary N) is 1. The van der Waals surface area contributed by atoms with E-state index in [1.807, 2.05) is 30.3 Å². The van der Waals surface area contributed by atoms with E-state index >= 15 is 0 Å². The zero-order chi connectivity index (χ0) is 19.9. The summed E-state index contributed by atoms with van der Waals surface area (Å²) in [4.78, 5) is 0. The number of aliphatic hydroxyl groups is 1. The maximum absolute atomic E-state index is 13.7. The lowest BCUT2D eigenvalue weighted by molar-refractivity contribution is 0.170. The van der Waals surface area contributed by atoms with Crippen LogP contribution in [0.2, 0.25) is 5.02 Å². The van der Waals surface area contributed by atoms with E-state index in [2.05, 4.69) is 17.4 Å². The molecule has 0 aliphatic rings. The maximum Gasteiger partial charge on any atom is 0.129 e. The monoisotopic (exact) mass is 399 g/mol. The third kappa shape index (κ3) is 5.10. The van der Waals surface area contributed by atoms with Crippen LogP contribution < -0.4 is 10.1 Å². The molecule has 1 unspecified atom stereocenters. The first-order valence-electron chi connectivity index (χ1n) is 9.14. The summed E-state index contributed by atoms with van der Waals surface area (Å²) < 4.78 is 18.9. The van der Waals surface area contributed by atoms with Crippen molar-refractivity contribution in [2.45, 2.75) is 12.5 Å². The smallest absolute Gasteiger partial charge is 0.129 e. The second-order valence-electron chi connectivity index (χ2n) is 6.53. The van der Waals surface area contributed by atoms with Crippen LogP contribution in [0.3, 0.4) is 0 Å². The minimum absolute atomic E-state index is 0.304. The number of halogens is 2. The lowest BCUT2D eigenvalue weighted by Gasteiger charge is -2.13. The van der Waals surface area contributed by atoms with Gasteiger partial charge in [-0.1, -0.05) is 54.1 Å². The molecule has 0 amide bonds. The fourth-order valence-corrected chi connectivity index (χ4v) is 3.26. The van der Waals surface area contributed by atoms with Gasteiger partial charge in [0.05, 0.1) is 13.2 Å². The third-order valence-electron chi connectivity index (χ3n) is 4.63. The van der Waals surface area contributed by atoms with Crippen molar-refractivity contribution < 1.29 is 14.2 Å². The summed E-state index contributed by atoms with van der Waals surface area (Å²) in [7, 11) is 1.63. The van der Waals surface area contributed by atoms with Crippen LogP contribution in [0.25, 0.3) is 11.1 Å². The summed E-state index contributed by atoms with van der Waals surface area (Å²) in [5.74, 6) is 0.379. The molecule has 28 heavy (non-hydrogen) atoms. The summed E-state index contributed by atoms with van der Waals surface area (Å²) in [6, 6.07) is 20.0. The Morgan fingerprint density at radius 2 is 1.82 bits per heavy atom. The molecule has 0 saturated carbocycles. The van der Waals surface area contributed by atoms with Gasteiger partial charge in [-0.25, -0.2) is 4.39 Å². The second kappa shape index (κ2) is 9.69. The molecule has 0 fully saturated rings.